The SMILES string of the molecule is C[C@@H](CN(C)CCN1CCCC1=O)c1ccc(F)cc1. The lowest BCUT2D eigenvalue weighted by atomic mass is 10.0. The monoisotopic (exact) mass is 278 g/mol. The van der Waals surface area contributed by atoms with Crippen molar-refractivity contribution in [2.24, 2.45) is 0 Å². The Kier molecular flexibility index (Phi) is 5.12. The van der Waals surface area contributed by atoms with Gasteiger partial charge in [-0.3, -0.25) is 4.79 Å². The highest BCUT2D eigenvalue weighted by Crippen LogP contribution is 2.16. The van der Waals surface area contributed by atoms with Crippen LogP contribution in [0.4, 0.5) is 4.39 Å². The van der Waals surface area contributed by atoms with Crippen LogP contribution in [0.2, 0.25) is 0 Å². The van der Waals surface area contributed by atoms with E-state index in [-0.39, 0.29) is 11.7 Å². The molecule has 0 saturated carbocycles. The number of rotatable bonds is 6. The number of hydrogen-bond acceptors (Lipinski definition) is 2. The molecule has 1 amide bonds. The fraction of sp³-hybridized carbons (Fsp3) is 0.562. The van der Waals surface area contributed by atoms with Crippen molar-refractivity contribution >= 4 is 5.91 Å². The number of nitrogens with zero attached hydrogens (tertiary/aromatic N) is 2. The molecule has 1 fully saturated rings. The van der Waals surface area contributed by atoms with Gasteiger partial charge in [0.05, 0.1) is 0 Å². The lowest BCUT2D eigenvalue weighted by Gasteiger charge is -2.24. The van der Waals surface area contributed by atoms with E-state index < -0.39 is 0 Å². The number of halogens is 1. The van der Waals surface area contributed by atoms with Gasteiger partial charge in [-0.2, -0.15) is 0 Å². The van der Waals surface area contributed by atoms with E-state index in [4.69, 9.17) is 0 Å². The predicted octanol–water partition coefficient (Wildman–Crippen LogP) is 2.48. The Morgan fingerprint density at radius 3 is 2.65 bits per heavy atom. The van der Waals surface area contributed by atoms with E-state index in [0.717, 1.165) is 38.2 Å². The molecule has 1 aliphatic rings. The molecule has 1 heterocycles. The van der Waals surface area contributed by atoms with Crippen LogP contribution in [-0.4, -0.2) is 48.9 Å². The van der Waals surface area contributed by atoms with Crippen molar-refractivity contribution in [1.82, 2.24) is 9.80 Å². The second kappa shape index (κ2) is 6.84. The van der Waals surface area contributed by atoms with Crippen molar-refractivity contribution in [3.63, 3.8) is 0 Å². The molecular formula is C16H23FN2O. The van der Waals surface area contributed by atoms with Crippen molar-refractivity contribution in [2.45, 2.75) is 25.7 Å². The van der Waals surface area contributed by atoms with Crippen LogP contribution >= 0.6 is 0 Å². The Labute approximate surface area is 120 Å². The normalized spacial score (nSPS) is 17.0. The van der Waals surface area contributed by atoms with E-state index in [9.17, 15) is 9.18 Å². The van der Waals surface area contributed by atoms with Gasteiger partial charge in [0.1, 0.15) is 5.82 Å². The number of carbonyl (C=O) groups excluding carboxylic acids is 1. The molecule has 0 aromatic heterocycles. The van der Waals surface area contributed by atoms with Gasteiger partial charge in [0.15, 0.2) is 0 Å². The molecule has 1 atom stereocenters. The number of hydrogen-bond donors (Lipinski definition) is 0. The average Bonchev–Trinajstić information content (AvgIpc) is 2.82. The third-order valence-electron chi connectivity index (χ3n) is 3.95. The quantitative estimate of drug-likeness (QED) is 0.798. The fourth-order valence-electron chi connectivity index (χ4n) is 2.69. The molecule has 0 bridgehead atoms. The van der Waals surface area contributed by atoms with E-state index in [1.165, 1.54) is 12.1 Å². The molecule has 3 nitrogen and oxygen atoms in total. The first kappa shape index (κ1) is 15.0. The van der Waals surface area contributed by atoms with Gasteiger partial charge in [-0.15, -0.1) is 0 Å². The molecule has 1 aromatic carbocycles. The summed E-state index contributed by atoms with van der Waals surface area (Å²) in [4.78, 5) is 15.7. The van der Waals surface area contributed by atoms with E-state index >= 15 is 0 Å². The third kappa shape index (κ3) is 4.04. The fourth-order valence-corrected chi connectivity index (χ4v) is 2.69. The second-order valence-corrected chi connectivity index (χ2v) is 5.70. The first-order valence-corrected chi connectivity index (χ1v) is 7.28. The van der Waals surface area contributed by atoms with Crippen LogP contribution in [-0.2, 0) is 4.79 Å². The Morgan fingerprint density at radius 1 is 1.35 bits per heavy atom. The van der Waals surface area contributed by atoms with E-state index in [0.29, 0.717) is 12.3 Å². The topological polar surface area (TPSA) is 23.6 Å². The van der Waals surface area contributed by atoms with E-state index in [2.05, 4.69) is 18.9 Å². The van der Waals surface area contributed by atoms with Gasteiger partial charge in [0.2, 0.25) is 5.91 Å². The molecule has 1 aliphatic heterocycles. The maximum absolute atomic E-state index is 12.9. The van der Waals surface area contributed by atoms with E-state index in [1.54, 1.807) is 0 Å². The average molecular weight is 278 g/mol. The molecule has 1 aromatic rings. The van der Waals surface area contributed by atoms with Gasteiger partial charge >= 0.3 is 0 Å². The van der Waals surface area contributed by atoms with Crippen molar-refractivity contribution in [3.8, 4) is 0 Å². The summed E-state index contributed by atoms with van der Waals surface area (Å²) < 4.78 is 12.9. The maximum Gasteiger partial charge on any atom is 0.222 e. The minimum Gasteiger partial charge on any atom is -0.341 e. The predicted molar refractivity (Wildman–Crippen MR) is 78.1 cm³/mol. The zero-order valence-corrected chi connectivity index (χ0v) is 12.3. The zero-order valence-electron chi connectivity index (χ0n) is 12.3. The van der Waals surface area contributed by atoms with E-state index in [1.807, 2.05) is 17.0 Å². The molecule has 0 N–H and O–H groups in total. The Bertz CT molecular complexity index is 446. The zero-order chi connectivity index (χ0) is 14.5. The van der Waals surface area contributed by atoms with Crippen LogP contribution in [0.3, 0.4) is 0 Å². The lowest BCUT2D eigenvalue weighted by Crippen LogP contribution is -2.35. The minimum atomic E-state index is -0.193. The number of amides is 1. The van der Waals surface area contributed by atoms with Gasteiger partial charge in [-0.05, 0) is 37.1 Å². The molecule has 0 aliphatic carbocycles. The molecule has 110 valence electrons. The smallest absolute Gasteiger partial charge is 0.222 e. The van der Waals surface area contributed by atoms with Crippen LogP contribution in [0, 0.1) is 5.82 Å². The second-order valence-electron chi connectivity index (χ2n) is 5.70. The van der Waals surface area contributed by atoms with Crippen molar-refractivity contribution in [2.75, 3.05) is 33.2 Å². The van der Waals surface area contributed by atoms with Crippen LogP contribution in [0.15, 0.2) is 24.3 Å². The van der Waals surface area contributed by atoms with Crippen molar-refractivity contribution in [3.05, 3.63) is 35.6 Å². The molecule has 0 radical (unpaired) electrons. The highest BCUT2D eigenvalue weighted by Gasteiger charge is 2.20. The first-order valence-electron chi connectivity index (χ1n) is 7.28. The van der Waals surface area contributed by atoms with Crippen LogP contribution in [0.25, 0.3) is 0 Å². The largest absolute Gasteiger partial charge is 0.341 e. The molecular weight excluding hydrogens is 255 g/mol. The van der Waals surface area contributed by atoms with Crippen molar-refractivity contribution in [1.29, 1.82) is 0 Å². The van der Waals surface area contributed by atoms with Gasteiger partial charge in [0, 0.05) is 32.6 Å². The Balaban J connectivity index is 1.77. The summed E-state index contributed by atoms with van der Waals surface area (Å²) in [6.45, 7) is 5.65. The summed E-state index contributed by atoms with van der Waals surface area (Å²) in [5.74, 6) is 0.446. The molecule has 0 unspecified atom stereocenters. The molecule has 20 heavy (non-hydrogen) atoms. The Morgan fingerprint density at radius 2 is 2.05 bits per heavy atom. The standard InChI is InChI=1S/C16H23FN2O/c1-13(14-5-7-15(17)8-6-14)12-18(2)10-11-19-9-3-4-16(19)20/h5-8,13H,3-4,9-12H2,1-2H3/t13-/m0/s1. The van der Waals surface area contributed by atoms with Gasteiger partial charge in [-0.25, -0.2) is 4.39 Å². The van der Waals surface area contributed by atoms with Crippen LogP contribution in [0.1, 0.15) is 31.2 Å². The van der Waals surface area contributed by atoms with Crippen molar-refractivity contribution < 1.29 is 9.18 Å². The summed E-state index contributed by atoms with van der Waals surface area (Å²) in [6, 6.07) is 6.71. The van der Waals surface area contributed by atoms with Gasteiger partial charge in [0.25, 0.3) is 0 Å². The van der Waals surface area contributed by atoms with Gasteiger partial charge < -0.3 is 9.80 Å². The summed E-state index contributed by atoms with van der Waals surface area (Å²) >= 11 is 0. The number of benzene rings is 1. The maximum atomic E-state index is 12.9. The first-order chi connectivity index (χ1) is 9.56. The van der Waals surface area contributed by atoms with Gasteiger partial charge in [-0.1, -0.05) is 19.1 Å². The minimum absolute atomic E-state index is 0.193. The lowest BCUT2D eigenvalue weighted by molar-refractivity contribution is -0.127. The molecule has 1 saturated heterocycles. The molecule has 4 heteroatoms. The highest BCUT2D eigenvalue weighted by molar-refractivity contribution is 5.78. The third-order valence-corrected chi connectivity index (χ3v) is 3.95. The van der Waals surface area contributed by atoms with Crippen LogP contribution < -0.4 is 0 Å². The highest BCUT2D eigenvalue weighted by atomic mass is 19.1. The number of likely N-dealkylation sites (N-methyl/N-ethyl adjacent to an activating group) is 1. The summed E-state index contributed by atoms with van der Waals surface area (Å²) in [6.07, 6.45) is 1.70. The summed E-state index contributed by atoms with van der Waals surface area (Å²) in [7, 11) is 2.07. The number of likely N-dealkylation sites (tertiary alicyclic amines) is 1. The summed E-state index contributed by atoms with van der Waals surface area (Å²) in [5, 5.41) is 0. The molecule has 2 rings (SSSR count). The molecule has 0 spiro atoms. The summed E-state index contributed by atoms with van der Waals surface area (Å²) in [5.41, 5.74) is 1.15. The van der Waals surface area contributed by atoms with Crippen LogP contribution in [0.5, 0.6) is 0 Å². The number of carbonyl (C=O) groups is 1. The Hall–Kier alpha value is -1.42.